The Kier molecular flexibility index (Phi) is 5.86. The van der Waals surface area contributed by atoms with Crippen LogP contribution in [-0.4, -0.2) is 49.4 Å². The Hall–Kier alpha value is -2.02. The molecule has 0 aliphatic carbocycles. The molecular weight excluding hydrogens is 348 g/mol. The van der Waals surface area contributed by atoms with Crippen LogP contribution < -0.4 is 5.32 Å². The van der Waals surface area contributed by atoms with Crippen LogP contribution in [0.25, 0.3) is 0 Å². The summed E-state index contributed by atoms with van der Waals surface area (Å²) in [5, 5.41) is 3.60. The maximum absolute atomic E-state index is 13.0. The van der Waals surface area contributed by atoms with Crippen molar-refractivity contribution in [2.75, 3.05) is 38.2 Å². The number of carbonyl (C=O) groups is 2. The van der Waals surface area contributed by atoms with Crippen molar-refractivity contribution in [2.24, 2.45) is 0 Å². The number of carbonyl (C=O) groups excluding carboxylic acids is 2. The summed E-state index contributed by atoms with van der Waals surface area (Å²) >= 11 is 1.46. The Morgan fingerprint density at radius 2 is 1.77 bits per heavy atom. The Balaban J connectivity index is 1.79. The average Bonchev–Trinajstić information content (AvgIpc) is 2.89. The summed E-state index contributed by atoms with van der Waals surface area (Å²) in [6.07, 6.45) is 0. The molecule has 1 amide bonds. The van der Waals surface area contributed by atoms with Gasteiger partial charge >= 0.3 is 0 Å². The molecule has 1 aromatic heterocycles. The van der Waals surface area contributed by atoms with Crippen molar-refractivity contribution >= 4 is 28.0 Å². The lowest BCUT2D eigenvalue weighted by Crippen LogP contribution is -2.41. The van der Waals surface area contributed by atoms with E-state index in [4.69, 9.17) is 4.74 Å². The van der Waals surface area contributed by atoms with Crippen molar-refractivity contribution in [3.63, 3.8) is 0 Å². The molecule has 2 aromatic rings. The number of anilines is 1. The van der Waals surface area contributed by atoms with Crippen molar-refractivity contribution in [3.8, 4) is 0 Å². The lowest BCUT2D eigenvalue weighted by molar-refractivity contribution is -0.118. The maximum Gasteiger partial charge on any atom is 0.239 e. The highest BCUT2D eigenvalue weighted by Gasteiger charge is 2.23. The number of morpholine rings is 1. The third-order valence-electron chi connectivity index (χ3n) is 4.65. The summed E-state index contributed by atoms with van der Waals surface area (Å²) in [6, 6.07) is 7.53. The second-order valence-electron chi connectivity index (χ2n) is 6.62. The van der Waals surface area contributed by atoms with E-state index in [-0.39, 0.29) is 11.7 Å². The number of benzene rings is 1. The van der Waals surface area contributed by atoms with Gasteiger partial charge in [0.25, 0.3) is 0 Å². The fraction of sp³-hybridized carbons (Fsp3) is 0.400. The summed E-state index contributed by atoms with van der Waals surface area (Å²) in [5.74, 6) is -0.139. The van der Waals surface area contributed by atoms with Crippen LogP contribution in [-0.2, 0) is 9.53 Å². The minimum atomic E-state index is -0.0916. The topological polar surface area (TPSA) is 58.6 Å². The predicted octanol–water partition coefficient (Wildman–Crippen LogP) is 3.18. The van der Waals surface area contributed by atoms with Crippen molar-refractivity contribution in [1.29, 1.82) is 0 Å². The van der Waals surface area contributed by atoms with E-state index in [2.05, 4.69) is 10.2 Å². The molecule has 1 N–H and O–H groups in total. The molecule has 6 heteroatoms. The van der Waals surface area contributed by atoms with E-state index >= 15 is 0 Å². The minimum absolute atomic E-state index is 0.0477. The maximum atomic E-state index is 13.0. The van der Waals surface area contributed by atoms with E-state index in [0.29, 0.717) is 35.9 Å². The number of amides is 1. The van der Waals surface area contributed by atoms with E-state index in [1.165, 1.54) is 11.3 Å². The molecule has 0 atom stereocenters. The number of rotatable bonds is 5. The number of aryl methyl sites for hydroxylation is 2. The van der Waals surface area contributed by atoms with E-state index in [9.17, 15) is 9.59 Å². The predicted molar refractivity (Wildman–Crippen MR) is 104 cm³/mol. The van der Waals surface area contributed by atoms with E-state index < -0.39 is 0 Å². The summed E-state index contributed by atoms with van der Waals surface area (Å²) in [7, 11) is 0. The smallest absolute Gasteiger partial charge is 0.239 e. The average molecular weight is 372 g/mol. The summed E-state index contributed by atoms with van der Waals surface area (Å²) in [4.78, 5) is 28.6. The zero-order valence-corrected chi connectivity index (χ0v) is 16.2. The fourth-order valence-corrected chi connectivity index (χ4v) is 4.04. The van der Waals surface area contributed by atoms with Crippen molar-refractivity contribution in [2.45, 2.75) is 20.8 Å². The van der Waals surface area contributed by atoms with Crippen LogP contribution in [0.2, 0.25) is 0 Å². The number of nitrogens with one attached hydrogen (secondary N) is 1. The van der Waals surface area contributed by atoms with Crippen molar-refractivity contribution in [1.82, 2.24) is 4.90 Å². The first-order chi connectivity index (χ1) is 12.5. The lowest BCUT2D eigenvalue weighted by atomic mass is 10.0. The molecule has 0 spiro atoms. The minimum Gasteiger partial charge on any atom is -0.379 e. The van der Waals surface area contributed by atoms with Gasteiger partial charge in [-0.25, -0.2) is 0 Å². The molecule has 138 valence electrons. The molecular formula is C20H24N2O3S. The molecule has 5 nitrogen and oxygen atoms in total. The number of thiophene rings is 1. The standard InChI is InChI=1S/C20H24N2O3S/c1-13-4-6-16(7-5-13)19(24)18-14(2)15(3)26-20(18)21-17(23)12-22-8-10-25-11-9-22/h4-7H,8-12H2,1-3H3,(H,21,23). The Bertz CT molecular complexity index is 805. The first kappa shape index (κ1) is 18.8. The summed E-state index contributed by atoms with van der Waals surface area (Å²) in [6.45, 7) is 9.04. The highest BCUT2D eigenvalue weighted by Crippen LogP contribution is 2.34. The zero-order chi connectivity index (χ0) is 18.7. The van der Waals surface area contributed by atoms with E-state index in [1.807, 2.05) is 45.0 Å². The van der Waals surface area contributed by atoms with Gasteiger partial charge in [0, 0.05) is 23.5 Å². The highest BCUT2D eigenvalue weighted by atomic mass is 32.1. The molecule has 26 heavy (non-hydrogen) atoms. The number of ether oxygens (including phenoxy) is 1. The molecule has 2 heterocycles. The molecule has 3 rings (SSSR count). The van der Waals surface area contributed by atoms with Crippen LogP contribution in [0.5, 0.6) is 0 Å². The van der Waals surface area contributed by atoms with Crippen LogP contribution in [0.4, 0.5) is 5.00 Å². The van der Waals surface area contributed by atoms with Crippen LogP contribution in [0.3, 0.4) is 0 Å². The van der Waals surface area contributed by atoms with Gasteiger partial charge in [0.1, 0.15) is 5.00 Å². The molecule has 1 aliphatic heterocycles. The number of hydrogen-bond donors (Lipinski definition) is 1. The molecule has 0 unspecified atom stereocenters. The van der Waals surface area contributed by atoms with Gasteiger partial charge in [-0.1, -0.05) is 29.8 Å². The normalized spacial score (nSPS) is 15.0. The number of hydrogen-bond acceptors (Lipinski definition) is 5. The number of ketones is 1. The van der Waals surface area contributed by atoms with Gasteiger partial charge in [-0.2, -0.15) is 0 Å². The Morgan fingerprint density at radius 3 is 2.42 bits per heavy atom. The van der Waals surface area contributed by atoms with Gasteiger partial charge < -0.3 is 10.1 Å². The van der Waals surface area contributed by atoms with Crippen LogP contribution in [0.15, 0.2) is 24.3 Å². The number of nitrogens with zero attached hydrogens (tertiary/aromatic N) is 1. The summed E-state index contributed by atoms with van der Waals surface area (Å²) < 4.78 is 5.31. The SMILES string of the molecule is Cc1ccc(C(=O)c2c(NC(=O)CN3CCOCC3)sc(C)c2C)cc1. The first-order valence-corrected chi connectivity index (χ1v) is 9.58. The van der Waals surface area contributed by atoms with Crippen LogP contribution >= 0.6 is 11.3 Å². The van der Waals surface area contributed by atoms with Gasteiger partial charge in [-0.15, -0.1) is 11.3 Å². The second kappa shape index (κ2) is 8.12. The second-order valence-corrected chi connectivity index (χ2v) is 7.84. The molecule has 1 saturated heterocycles. The Morgan fingerprint density at radius 1 is 1.12 bits per heavy atom. The molecule has 1 fully saturated rings. The summed E-state index contributed by atoms with van der Waals surface area (Å²) in [5.41, 5.74) is 3.29. The monoisotopic (exact) mass is 372 g/mol. The van der Waals surface area contributed by atoms with Gasteiger partial charge in [0.2, 0.25) is 5.91 Å². The van der Waals surface area contributed by atoms with Crippen molar-refractivity contribution < 1.29 is 14.3 Å². The van der Waals surface area contributed by atoms with Gasteiger partial charge in [0.15, 0.2) is 5.78 Å². The molecule has 1 aromatic carbocycles. The van der Waals surface area contributed by atoms with Crippen LogP contribution in [0.1, 0.15) is 31.9 Å². The van der Waals surface area contributed by atoms with E-state index in [0.717, 1.165) is 29.1 Å². The third kappa shape index (κ3) is 4.20. The van der Waals surface area contributed by atoms with Crippen molar-refractivity contribution in [3.05, 3.63) is 51.4 Å². The lowest BCUT2D eigenvalue weighted by Gasteiger charge is -2.25. The Labute approximate surface area is 158 Å². The fourth-order valence-electron chi connectivity index (χ4n) is 2.97. The third-order valence-corrected chi connectivity index (χ3v) is 5.77. The first-order valence-electron chi connectivity index (χ1n) is 8.77. The molecule has 1 aliphatic rings. The van der Waals surface area contributed by atoms with Gasteiger partial charge in [-0.3, -0.25) is 14.5 Å². The zero-order valence-electron chi connectivity index (χ0n) is 15.4. The van der Waals surface area contributed by atoms with E-state index in [1.54, 1.807) is 0 Å². The molecule has 0 saturated carbocycles. The molecule has 0 bridgehead atoms. The largest absolute Gasteiger partial charge is 0.379 e. The van der Waals surface area contributed by atoms with Crippen LogP contribution in [0, 0.1) is 20.8 Å². The quantitative estimate of drug-likeness (QED) is 0.819. The highest BCUT2D eigenvalue weighted by molar-refractivity contribution is 7.16. The molecule has 0 radical (unpaired) electrons. The van der Waals surface area contributed by atoms with Gasteiger partial charge in [-0.05, 0) is 26.3 Å². The van der Waals surface area contributed by atoms with Gasteiger partial charge in [0.05, 0.1) is 25.3 Å².